The highest BCUT2D eigenvalue weighted by atomic mass is 19.1. The molecule has 5 N–H and O–H groups in total. The minimum absolute atomic E-state index is 0.0875. The predicted molar refractivity (Wildman–Crippen MR) is 152 cm³/mol. The van der Waals surface area contributed by atoms with E-state index in [0.717, 1.165) is 36.8 Å². The molecule has 0 bridgehead atoms. The fraction of sp³-hybridized carbons (Fsp3) is 0.533. The number of alkyl carbamates (subject to hydrolysis) is 1. The van der Waals surface area contributed by atoms with Crippen LogP contribution < -0.4 is 26.3 Å². The molecule has 0 unspecified atom stereocenters. The zero-order valence-corrected chi connectivity index (χ0v) is 24.3. The third-order valence-corrected chi connectivity index (χ3v) is 6.93. The van der Waals surface area contributed by atoms with Gasteiger partial charge in [0.05, 0.1) is 6.20 Å². The number of amides is 3. The summed E-state index contributed by atoms with van der Waals surface area (Å²) in [5.41, 5.74) is 7.74. The van der Waals surface area contributed by atoms with Crippen molar-refractivity contribution < 1.29 is 28.1 Å². The summed E-state index contributed by atoms with van der Waals surface area (Å²) >= 11 is 0. The van der Waals surface area contributed by atoms with Gasteiger partial charge >= 0.3 is 11.9 Å². The summed E-state index contributed by atoms with van der Waals surface area (Å²) in [5, 5.41) is 8.03. The van der Waals surface area contributed by atoms with Gasteiger partial charge in [0.1, 0.15) is 24.2 Å². The topological polar surface area (TPSA) is 126 Å². The van der Waals surface area contributed by atoms with Crippen LogP contribution in [0.25, 0.3) is 0 Å². The Labute approximate surface area is 236 Å². The molecule has 10 heteroatoms. The standard InChI is InChI=1S/C30H42FN5O4/c1-18(2)25(35-29(39)40-30(4,5)6)28(38)33-19(3)27(37)34-23-13-11-20(12-14-23)16-36-17-22(15-24(31)26(36)32)21-9-7-8-10-21/h11-15,17-19,21,25,32H,7-10,16H2,1-6H3,(H3,33,34,35,37,38,39)/p+1/t19-,25-/m0/s1. The minimum Gasteiger partial charge on any atom is -0.444 e. The van der Waals surface area contributed by atoms with Crippen LogP contribution in [0.5, 0.6) is 0 Å². The molecule has 3 rings (SSSR count). The molecule has 1 fully saturated rings. The molecule has 0 aliphatic heterocycles. The Kier molecular flexibility index (Phi) is 10.1. The highest BCUT2D eigenvalue weighted by Gasteiger charge is 2.29. The summed E-state index contributed by atoms with van der Waals surface area (Å²) in [6.07, 6.45) is 5.69. The van der Waals surface area contributed by atoms with Gasteiger partial charge < -0.3 is 20.7 Å². The van der Waals surface area contributed by atoms with Crippen molar-refractivity contribution in [2.75, 3.05) is 11.1 Å². The maximum atomic E-state index is 14.5. The first-order chi connectivity index (χ1) is 18.7. The molecular formula is C30H43FN5O4+. The van der Waals surface area contributed by atoms with E-state index in [4.69, 9.17) is 10.5 Å². The average Bonchev–Trinajstić information content (AvgIpc) is 3.40. The Morgan fingerprint density at radius 1 is 1.05 bits per heavy atom. The van der Waals surface area contributed by atoms with Crippen LogP contribution in [-0.2, 0) is 20.9 Å². The fourth-order valence-corrected chi connectivity index (χ4v) is 4.74. The monoisotopic (exact) mass is 556 g/mol. The van der Waals surface area contributed by atoms with Gasteiger partial charge in [-0.2, -0.15) is 4.39 Å². The third-order valence-electron chi connectivity index (χ3n) is 6.93. The Morgan fingerprint density at radius 2 is 1.68 bits per heavy atom. The van der Waals surface area contributed by atoms with Gasteiger partial charge in [0.15, 0.2) is 0 Å². The molecule has 1 aliphatic carbocycles. The number of hydrogen-bond donors (Lipinski definition) is 4. The number of halogens is 1. The Bertz CT molecular complexity index is 1200. The first kappa shape index (κ1) is 30.8. The second-order valence-corrected chi connectivity index (χ2v) is 11.9. The van der Waals surface area contributed by atoms with Crippen molar-refractivity contribution >= 4 is 29.4 Å². The summed E-state index contributed by atoms with van der Waals surface area (Å²) in [4.78, 5) is 37.8. The van der Waals surface area contributed by atoms with E-state index >= 15 is 0 Å². The van der Waals surface area contributed by atoms with Crippen molar-refractivity contribution in [1.29, 1.82) is 0 Å². The van der Waals surface area contributed by atoms with Gasteiger partial charge in [0.25, 0.3) is 0 Å². The number of nitrogens with one attached hydrogen (secondary N) is 3. The van der Waals surface area contributed by atoms with E-state index < -0.39 is 41.4 Å². The first-order valence-electron chi connectivity index (χ1n) is 13.9. The van der Waals surface area contributed by atoms with Gasteiger partial charge in [0, 0.05) is 5.69 Å². The number of nitrogens with zero attached hydrogens (tertiary/aromatic N) is 1. The number of benzene rings is 1. The molecule has 1 heterocycles. The predicted octanol–water partition coefficient (Wildman–Crippen LogP) is 4.39. The van der Waals surface area contributed by atoms with Crippen molar-refractivity contribution in [2.24, 2.45) is 5.92 Å². The first-order valence-corrected chi connectivity index (χ1v) is 13.9. The van der Waals surface area contributed by atoms with E-state index in [1.807, 2.05) is 18.3 Å². The van der Waals surface area contributed by atoms with E-state index in [0.29, 0.717) is 18.2 Å². The molecule has 3 amide bonds. The summed E-state index contributed by atoms with van der Waals surface area (Å²) in [6.45, 7) is 10.7. The van der Waals surface area contributed by atoms with Crippen LogP contribution in [-0.4, -0.2) is 35.6 Å². The lowest BCUT2D eigenvalue weighted by Gasteiger charge is -2.26. The maximum Gasteiger partial charge on any atom is 0.408 e. The van der Waals surface area contributed by atoms with Crippen LogP contribution >= 0.6 is 0 Å². The molecule has 9 nitrogen and oxygen atoms in total. The Hall–Kier alpha value is -3.69. The molecule has 0 spiro atoms. The van der Waals surface area contributed by atoms with Gasteiger partial charge in [-0.3, -0.25) is 15.3 Å². The van der Waals surface area contributed by atoms with E-state index in [2.05, 4.69) is 16.0 Å². The number of ether oxygens (including phenoxy) is 1. The largest absolute Gasteiger partial charge is 0.444 e. The molecule has 1 aliphatic rings. The Morgan fingerprint density at radius 3 is 2.25 bits per heavy atom. The van der Waals surface area contributed by atoms with E-state index in [-0.39, 0.29) is 11.7 Å². The molecule has 2 atom stereocenters. The number of carbonyl (C=O) groups is 3. The number of anilines is 2. The maximum absolute atomic E-state index is 14.5. The Balaban J connectivity index is 1.58. The van der Waals surface area contributed by atoms with Gasteiger partial charge in [-0.15, -0.1) is 0 Å². The third kappa shape index (κ3) is 8.66. The fourth-order valence-electron chi connectivity index (χ4n) is 4.74. The van der Waals surface area contributed by atoms with Crippen LogP contribution in [0.15, 0.2) is 36.5 Å². The molecule has 1 aromatic carbocycles. The van der Waals surface area contributed by atoms with Crippen molar-refractivity contribution in [3.05, 3.63) is 53.5 Å². The van der Waals surface area contributed by atoms with Gasteiger partial charge in [-0.1, -0.05) is 38.8 Å². The van der Waals surface area contributed by atoms with Crippen LogP contribution in [0.4, 0.5) is 20.7 Å². The highest BCUT2D eigenvalue weighted by Crippen LogP contribution is 2.34. The number of carbonyl (C=O) groups excluding carboxylic acids is 3. The van der Waals surface area contributed by atoms with E-state index in [9.17, 15) is 18.8 Å². The summed E-state index contributed by atoms with van der Waals surface area (Å²) in [6, 6.07) is 7.00. The lowest BCUT2D eigenvalue weighted by Crippen LogP contribution is -2.54. The lowest BCUT2D eigenvalue weighted by molar-refractivity contribution is -0.675. The zero-order chi connectivity index (χ0) is 29.6. The molecule has 1 aromatic heterocycles. The molecule has 218 valence electrons. The number of aromatic nitrogens is 1. The summed E-state index contributed by atoms with van der Waals surface area (Å²) < 4.78 is 21.5. The highest BCUT2D eigenvalue weighted by molar-refractivity contribution is 5.98. The number of hydrogen-bond acceptors (Lipinski definition) is 5. The lowest BCUT2D eigenvalue weighted by atomic mass is 9.99. The number of nitrogens with two attached hydrogens (primary N) is 1. The van der Waals surface area contributed by atoms with Crippen LogP contribution in [0, 0.1) is 11.7 Å². The zero-order valence-electron chi connectivity index (χ0n) is 24.3. The van der Waals surface area contributed by atoms with Gasteiger partial charge in [0.2, 0.25) is 17.6 Å². The van der Waals surface area contributed by atoms with Crippen molar-refractivity contribution in [2.45, 2.75) is 97.4 Å². The van der Waals surface area contributed by atoms with E-state index in [1.54, 1.807) is 64.3 Å². The van der Waals surface area contributed by atoms with Crippen LogP contribution in [0.2, 0.25) is 0 Å². The molecular weight excluding hydrogens is 513 g/mol. The quantitative estimate of drug-likeness (QED) is 0.341. The molecule has 0 saturated heterocycles. The van der Waals surface area contributed by atoms with Gasteiger partial charge in [-0.25, -0.2) is 9.36 Å². The SMILES string of the molecule is CC(C)[C@H](NC(=O)OC(C)(C)C)C(=O)N[C@@H](C)C(=O)Nc1ccc(C[n+]2cc(C3CCCC3)cc(F)c2N)cc1. The van der Waals surface area contributed by atoms with Crippen molar-refractivity contribution in [3.8, 4) is 0 Å². The minimum atomic E-state index is -0.869. The second-order valence-electron chi connectivity index (χ2n) is 11.9. The molecule has 2 aromatic rings. The summed E-state index contributed by atoms with van der Waals surface area (Å²) in [7, 11) is 0. The van der Waals surface area contributed by atoms with Crippen LogP contribution in [0.1, 0.15) is 84.3 Å². The number of rotatable bonds is 9. The number of nitrogen functional groups attached to an aromatic ring is 1. The van der Waals surface area contributed by atoms with Crippen molar-refractivity contribution in [3.63, 3.8) is 0 Å². The van der Waals surface area contributed by atoms with Crippen molar-refractivity contribution in [1.82, 2.24) is 10.6 Å². The summed E-state index contributed by atoms with van der Waals surface area (Å²) in [5.74, 6) is -1.08. The smallest absolute Gasteiger partial charge is 0.408 e. The van der Waals surface area contributed by atoms with Gasteiger partial charge in [-0.05, 0) is 81.7 Å². The van der Waals surface area contributed by atoms with E-state index in [1.165, 1.54) is 0 Å². The molecule has 0 radical (unpaired) electrons. The normalized spacial score (nSPS) is 15.4. The average molecular weight is 557 g/mol. The molecule has 1 saturated carbocycles. The van der Waals surface area contributed by atoms with Crippen LogP contribution in [0.3, 0.4) is 0 Å². The second kappa shape index (κ2) is 13.1. The molecule has 40 heavy (non-hydrogen) atoms. The number of pyridine rings is 1.